The fraction of sp³-hybridized carbons (Fsp3) is 0.455. The molecule has 0 saturated heterocycles. The molecule has 0 aliphatic rings. The van der Waals surface area contributed by atoms with Gasteiger partial charge >= 0.3 is 0 Å². The van der Waals surface area contributed by atoms with Crippen molar-refractivity contribution in [3.05, 3.63) is 23.0 Å². The molecule has 1 aromatic rings. The average Bonchev–Trinajstić information content (AvgIpc) is 2.32. The molecular formula is C11H16ClFN2O3S. The molecule has 0 saturated carbocycles. The van der Waals surface area contributed by atoms with Gasteiger partial charge in [0, 0.05) is 25.2 Å². The molecule has 1 rings (SSSR count). The molecule has 108 valence electrons. The van der Waals surface area contributed by atoms with Crippen LogP contribution in [0.4, 0.5) is 10.1 Å². The van der Waals surface area contributed by atoms with Gasteiger partial charge in [0.2, 0.25) is 10.0 Å². The van der Waals surface area contributed by atoms with Gasteiger partial charge in [-0.2, -0.15) is 4.31 Å². The first-order chi connectivity index (χ1) is 8.71. The Morgan fingerprint density at radius 2 is 2.11 bits per heavy atom. The fourth-order valence-corrected chi connectivity index (χ4v) is 3.27. The van der Waals surface area contributed by atoms with E-state index in [4.69, 9.17) is 22.1 Å². The van der Waals surface area contributed by atoms with Crippen molar-refractivity contribution in [2.75, 3.05) is 26.5 Å². The summed E-state index contributed by atoms with van der Waals surface area (Å²) in [5.41, 5.74) is 5.08. The number of rotatable bonds is 5. The lowest BCUT2D eigenvalue weighted by molar-refractivity contribution is 0.149. The molecule has 2 N–H and O–H groups in total. The van der Waals surface area contributed by atoms with Crippen LogP contribution in [0.25, 0.3) is 0 Å². The summed E-state index contributed by atoms with van der Waals surface area (Å²) in [7, 11) is -1.23. The van der Waals surface area contributed by atoms with Gasteiger partial charge in [0.05, 0.1) is 12.3 Å². The largest absolute Gasteiger partial charge is 0.396 e. The molecule has 0 radical (unpaired) electrons. The van der Waals surface area contributed by atoms with E-state index in [0.29, 0.717) is 0 Å². The molecule has 19 heavy (non-hydrogen) atoms. The topological polar surface area (TPSA) is 72.6 Å². The summed E-state index contributed by atoms with van der Waals surface area (Å²) >= 11 is 5.72. The third-order valence-electron chi connectivity index (χ3n) is 2.72. The number of halogens is 2. The molecule has 0 aromatic heterocycles. The smallest absolute Gasteiger partial charge is 0.246 e. The van der Waals surface area contributed by atoms with Gasteiger partial charge in [-0.25, -0.2) is 12.8 Å². The molecule has 0 aliphatic carbocycles. The molecule has 0 fully saturated rings. The fourth-order valence-electron chi connectivity index (χ4n) is 1.51. The van der Waals surface area contributed by atoms with E-state index in [0.717, 1.165) is 16.4 Å². The van der Waals surface area contributed by atoms with Crippen LogP contribution < -0.4 is 5.73 Å². The second kappa shape index (κ2) is 6.04. The highest BCUT2D eigenvalue weighted by Gasteiger charge is 2.29. The zero-order valence-corrected chi connectivity index (χ0v) is 12.4. The summed E-state index contributed by atoms with van der Waals surface area (Å²) in [6.07, 6.45) is 0. The number of sulfonamides is 1. The predicted molar refractivity (Wildman–Crippen MR) is 72.1 cm³/mol. The van der Waals surface area contributed by atoms with Crippen molar-refractivity contribution in [3.63, 3.8) is 0 Å². The molecule has 1 unspecified atom stereocenters. The Morgan fingerprint density at radius 3 is 2.63 bits per heavy atom. The van der Waals surface area contributed by atoms with Gasteiger partial charge in [0.15, 0.2) is 5.82 Å². The van der Waals surface area contributed by atoms with Gasteiger partial charge in [-0.1, -0.05) is 11.6 Å². The van der Waals surface area contributed by atoms with Gasteiger partial charge in [-0.3, -0.25) is 0 Å². The second-order valence-corrected chi connectivity index (χ2v) is 6.54. The second-order valence-electron chi connectivity index (χ2n) is 4.13. The zero-order valence-electron chi connectivity index (χ0n) is 10.9. The monoisotopic (exact) mass is 310 g/mol. The highest BCUT2D eigenvalue weighted by Crippen LogP contribution is 2.27. The Bertz CT molecular complexity index is 565. The Kier molecular flexibility index (Phi) is 5.14. The van der Waals surface area contributed by atoms with Crippen LogP contribution >= 0.6 is 11.6 Å². The van der Waals surface area contributed by atoms with Crippen LogP contribution in [0.3, 0.4) is 0 Å². The lowest BCUT2D eigenvalue weighted by atomic mass is 10.3. The van der Waals surface area contributed by atoms with Crippen LogP contribution in [0.1, 0.15) is 6.92 Å². The van der Waals surface area contributed by atoms with Gasteiger partial charge in [0.25, 0.3) is 0 Å². The van der Waals surface area contributed by atoms with Crippen molar-refractivity contribution in [3.8, 4) is 0 Å². The number of likely N-dealkylation sites (N-methyl/N-ethyl adjacent to an activating group) is 1. The average molecular weight is 311 g/mol. The normalized spacial score (nSPS) is 13.8. The first-order valence-electron chi connectivity index (χ1n) is 5.43. The summed E-state index contributed by atoms with van der Waals surface area (Å²) in [5.74, 6) is -0.999. The third kappa shape index (κ3) is 3.36. The lowest BCUT2D eigenvalue weighted by Gasteiger charge is -2.24. The molecular weight excluding hydrogens is 295 g/mol. The van der Waals surface area contributed by atoms with E-state index >= 15 is 0 Å². The highest BCUT2D eigenvalue weighted by atomic mass is 35.5. The van der Waals surface area contributed by atoms with Crippen LogP contribution in [0.2, 0.25) is 5.02 Å². The molecule has 1 atom stereocenters. The standard InChI is InChI=1S/C11H16ClFN2O3S/c1-7(6-18-3)15(2)19(16,17)10-5-8(12)4-9(14)11(10)13/h4-5,7H,6,14H2,1-3H3. The number of hydrogen-bond acceptors (Lipinski definition) is 4. The number of nitrogen functional groups attached to an aromatic ring is 1. The quantitative estimate of drug-likeness (QED) is 0.840. The number of ether oxygens (including phenoxy) is 1. The lowest BCUT2D eigenvalue weighted by Crippen LogP contribution is -2.38. The molecule has 8 heteroatoms. The summed E-state index contributed by atoms with van der Waals surface area (Å²) in [5, 5.41) is 0.0604. The summed E-state index contributed by atoms with van der Waals surface area (Å²) in [6, 6.07) is 1.75. The van der Waals surface area contributed by atoms with E-state index in [9.17, 15) is 12.8 Å². The minimum atomic E-state index is -4.02. The Hall–Kier alpha value is -0.890. The zero-order chi connectivity index (χ0) is 14.8. The molecule has 1 aromatic carbocycles. The molecule has 0 aliphatic heterocycles. The van der Waals surface area contributed by atoms with Crippen molar-refractivity contribution in [1.29, 1.82) is 0 Å². The van der Waals surface area contributed by atoms with E-state index in [1.807, 2.05) is 0 Å². The third-order valence-corrected chi connectivity index (χ3v) is 4.91. The van der Waals surface area contributed by atoms with Crippen molar-refractivity contribution >= 4 is 27.3 Å². The summed E-state index contributed by atoms with van der Waals surface area (Å²) in [4.78, 5) is -0.539. The SMILES string of the molecule is COCC(C)N(C)S(=O)(=O)c1cc(Cl)cc(N)c1F. The Morgan fingerprint density at radius 1 is 1.53 bits per heavy atom. The number of nitrogens with zero attached hydrogens (tertiary/aromatic N) is 1. The van der Waals surface area contributed by atoms with E-state index in [2.05, 4.69) is 0 Å². The van der Waals surface area contributed by atoms with Crippen LogP contribution in [-0.2, 0) is 14.8 Å². The maximum atomic E-state index is 13.9. The number of nitrogens with two attached hydrogens (primary N) is 1. The van der Waals surface area contributed by atoms with Gasteiger partial charge in [0.1, 0.15) is 4.90 Å². The maximum Gasteiger partial charge on any atom is 0.246 e. The highest BCUT2D eigenvalue weighted by molar-refractivity contribution is 7.89. The molecule has 0 bridgehead atoms. The van der Waals surface area contributed by atoms with Crippen LogP contribution in [0.5, 0.6) is 0 Å². The Labute approximate surface area is 117 Å². The molecule has 0 amide bonds. The van der Waals surface area contributed by atoms with Gasteiger partial charge in [-0.15, -0.1) is 0 Å². The number of methoxy groups -OCH3 is 1. The van der Waals surface area contributed by atoms with Crippen molar-refractivity contribution < 1.29 is 17.5 Å². The van der Waals surface area contributed by atoms with Crippen molar-refractivity contribution in [2.45, 2.75) is 17.9 Å². The summed E-state index contributed by atoms with van der Waals surface area (Å²) in [6.45, 7) is 1.83. The van der Waals surface area contributed by atoms with Crippen molar-refractivity contribution in [1.82, 2.24) is 4.31 Å². The number of hydrogen-bond donors (Lipinski definition) is 1. The molecule has 0 heterocycles. The van der Waals surface area contributed by atoms with Crippen LogP contribution in [0.15, 0.2) is 17.0 Å². The first-order valence-corrected chi connectivity index (χ1v) is 7.25. The number of benzene rings is 1. The van der Waals surface area contributed by atoms with Crippen LogP contribution in [0, 0.1) is 5.82 Å². The van der Waals surface area contributed by atoms with Crippen molar-refractivity contribution in [2.24, 2.45) is 0 Å². The maximum absolute atomic E-state index is 13.9. The summed E-state index contributed by atoms with van der Waals surface area (Å²) < 4.78 is 44.3. The van der Waals surface area contributed by atoms with Crippen LogP contribution in [-0.4, -0.2) is 39.5 Å². The predicted octanol–water partition coefficient (Wildman–Crippen LogP) is 1.72. The molecule has 5 nitrogen and oxygen atoms in total. The van der Waals surface area contributed by atoms with Gasteiger partial charge in [-0.05, 0) is 19.1 Å². The van der Waals surface area contributed by atoms with Gasteiger partial charge < -0.3 is 10.5 Å². The van der Waals surface area contributed by atoms with E-state index < -0.39 is 26.8 Å². The van der Waals surface area contributed by atoms with E-state index in [1.54, 1.807) is 6.92 Å². The minimum absolute atomic E-state index is 0.0604. The first kappa shape index (κ1) is 16.2. The van der Waals surface area contributed by atoms with E-state index in [1.165, 1.54) is 14.2 Å². The minimum Gasteiger partial charge on any atom is -0.396 e. The Balaban J connectivity index is 3.28. The van der Waals surface area contributed by atoms with E-state index in [-0.39, 0.29) is 17.3 Å². The number of anilines is 1. The molecule has 0 spiro atoms.